The average Bonchev–Trinajstić information content (AvgIpc) is 2.89. The van der Waals surface area contributed by atoms with Crippen molar-refractivity contribution in [1.29, 1.82) is 0 Å². The molecule has 5 nitrogen and oxygen atoms in total. The first kappa shape index (κ1) is 13.0. The molecule has 0 saturated heterocycles. The Balaban J connectivity index is 1.84. The number of ether oxygens (including phenoxy) is 1. The first-order valence-corrected chi connectivity index (χ1v) is 5.88. The second-order valence-electron chi connectivity index (χ2n) is 4.24. The quantitative estimate of drug-likeness (QED) is 0.834. The molecule has 100 valence electrons. The zero-order valence-electron chi connectivity index (χ0n) is 10.7. The number of carbonyl (C=O) groups excluding carboxylic acids is 1. The lowest BCUT2D eigenvalue weighted by molar-refractivity contribution is -0.132. The number of rotatable bonds is 5. The highest BCUT2D eigenvalue weighted by molar-refractivity contribution is 5.77. The van der Waals surface area contributed by atoms with Crippen molar-refractivity contribution < 1.29 is 13.9 Å². The number of benzene rings is 1. The van der Waals surface area contributed by atoms with Crippen LogP contribution in [0.25, 0.3) is 0 Å². The van der Waals surface area contributed by atoms with Gasteiger partial charge in [0, 0.05) is 30.9 Å². The Labute approximate surface area is 111 Å². The van der Waals surface area contributed by atoms with E-state index in [-0.39, 0.29) is 12.5 Å². The van der Waals surface area contributed by atoms with Crippen LogP contribution in [0.4, 0.5) is 5.69 Å². The number of nitrogen functional groups attached to an aromatic ring is 1. The molecule has 1 aromatic carbocycles. The second kappa shape index (κ2) is 5.95. The van der Waals surface area contributed by atoms with Gasteiger partial charge < -0.3 is 19.8 Å². The van der Waals surface area contributed by atoms with Gasteiger partial charge in [-0.1, -0.05) is 6.07 Å². The van der Waals surface area contributed by atoms with E-state index < -0.39 is 0 Å². The van der Waals surface area contributed by atoms with Gasteiger partial charge in [0.15, 0.2) is 6.61 Å². The molecular weight excluding hydrogens is 244 g/mol. The van der Waals surface area contributed by atoms with Crippen LogP contribution >= 0.6 is 0 Å². The molecule has 0 spiro atoms. The van der Waals surface area contributed by atoms with Gasteiger partial charge in [-0.2, -0.15) is 0 Å². The summed E-state index contributed by atoms with van der Waals surface area (Å²) in [4.78, 5) is 13.4. The first-order chi connectivity index (χ1) is 9.15. The summed E-state index contributed by atoms with van der Waals surface area (Å²) in [6, 6.07) is 8.82. The lowest BCUT2D eigenvalue weighted by Crippen LogP contribution is -2.30. The van der Waals surface area contributed by atoms with Gasteiger partial charge in [-0.3, -0.25) is 4.79 Å². The molecule has 1 amide bonds. The number of amides is 1. The monoisotopic (exact) mass is 260 g/mol. The third kappa shape index (κ3) is 3.77. The zero-order valence-corrected chi connectivity index (χ0v) is 10.7. The van der Waals surface area contributed by atoms with Crippen LogP contribution in [0.3, 0.4) is 0 Å². The molecule has 0 aliphatic heterocycles. The summed E-state index contributed by atoms with van der Waals surface area (Å²) in [5, 5.41) is 0. The van der Waals surface area contributed by atoms with Crippen molar-refractivity contribution >= 4 is 11.6 Å². The van der Waals surface area contributed by atoms with E-state index in [1.54, 1.807) is 48.7 Å². The van der Waals surface area contributed by atoms with Crippen LogP contribution < -0.4 is 10.5 Å². The van der Waals surface area contributed by atoms with Crippen molar-refractivity contribution in [3.63, 3.8) is 0 Å². The minimum atomic E-state index is -0.108. The topological polar surface area (TPSA) is 68.7 Å². The molecule has 2 rings (SSSR count). The van der Waals surface area contributed by atoms with E-state index in [4.69, 9.17) is 14.9 Å². The Hall–Kier alpha value is -2.43. The fourth-order valence-electron chi connectivity index (χ4n) is 1.60. The summed E-state index contributed by atoms with van der Waals surface area (Å²) < 4.78 is 10.3. The SMILES string of the molecule is CN(Cc1ccoc1)C(=O)COc1cccc(N)c1. The highest BCUT2D eigenvalue weighted by atomic mass is 16.5. The molecule has 19 heavy (non-hydrogen) atoms. The first-order valence-electron chi connectivity index (χ1n) is 5.88. The summed E-state index contributed by atoms with van der Waals surface area (Å²) in [6.45, 7) is 0.480. The summed E-state index contributed by atoms with van der Waals surface area (Å²) in [7, 11) is 1.72. The van der Waals surface area contributed by atoms with Gasteiger partial charge in [0.1, 0.15) is 5.75 Å². The third-order valence-electron chi connectivity index (χ3n) is 2.65. The van der Waals surface area contributed by atoms with Crippen molar-refractivity contribution in [2.45, 2.75) is 6.54 Å². The number of anilines is 1. The van der Waals surface area contributed by atoms with Crippen LogP contribution in [0.1, 0.15) is 5.56 Å². The molecular formula is C14H16N2O3. The Morgan fingerprint density at radius 2 is 2.26 bits per heavy atom. The lowest BCUT2D eigenvalue weighted by atomic mass is 10.3. The Morgan fingerprint density at radius 3 is 2.95 bits per heavy atom. The molecule has 0 bridgehead atoms. The Morgan fingerprint density at radius 1 is 1.42 bits per heavy atom. The molecule has 0 unspecified atom stereocenters. The van der Waals surface area contributed by atoms with E-state index in [9.17, 15) is 4.79 Å². The molecule has 1 heterocycles. The van der Waals surface area contributed by atoms with Gasteiger partial charge in [-0.05, 0) is 18.2 Å². The molecule has 1 aromatic heterocycles. The standard InChI is InChI=1S/C14H16N2O3/c1-16(8-11-5-6-18-9-11)14(17)10-19-13-4-2-3-12(15)7-13/h2-7,9H,8,10,15H2,1H3. The number of hydrogen-bond donors (Lipinski definition) is 1. The zero-order chi connectivity index (χ0) is 13.7. The summed E-state index contributed by atoms with van der Waals surface area (Å²) in [5.41, 5.74) is 7.18. The van der Waals surface area contributed by atoms with Gasteiger partial charge in [0.25, 0.3) is 5.91 Å². The van der Waals surface area contributed by atoms with Gasteiger partial charge in [-0.25, -0.2) is 0 Å². The fraction of sp³-hybridized carbons (Fsp3) is 0.214. The molecule has 5 heteroatoms. The maximum atomic E-state index is 11.9. The molecule has 2 N–H and O–H groups in total. The van der Waals surface area contributed by atoms with Crippen molar-refractivity contribution in [3.05, 3.63) is 48.4 Å². The number of furan rings is 1. The molecule has 0 saturated carbocycles. The third-order valence-corrected chi connectivity index (χ3v) is 2.65. The average molecular weight is 260 g/mol. The van der Waals surface area contributed by atoms with Crippen molar-refractivity contribution in [3.8, 4) is 5.75 Å². The van der Waals surface area contributed by atoms with E-state index in [0.717, 1.165) is 5.56 Å². The second-order valence-corrected chi connectivity index (χ2v) is 4.24. The number of hydrogen-bond acceptors (Lipinski definition) is 4. The fourth-order valence-corrected chi connectivity index (χ4v) is 1.60. The van der Waals surface area contributed by atoms with Crippen LogP contribution in [-0.4, -0.2) is 24.5 Å². The minimum Gasteiger partial charge on any atom is -0.484 e. The predicted molar refractivity (Wildman–Crippen MR) is 71.5 cm³/mol. The van der Waals surface area contributed by atoms with Crippen LogP contribution in [0.5, 0.6) is 5.75 Å². The maximum absolute atomic E-state index is 11.9. The largest absolute Gasteiger partial charge is 0.484 e. The van der Waals surface area contributed by atoms with E-state index in [1.165, 1.54) is 0 Å². The van der Waals surface area contributed by atoms with Crippen LogP contribution in [0.2, 0.25) is 0 Å². The van der Waals surface area contributed by atoms with Crippen LogP contribution in [-0.2, 0) is 11.3 Å². The lowest BCUT2D eigenvalue weighted by Gasteiger charge is -2.16. The van der Waals surface area contributed by atoms with Crippen LogP contribution in [0.15, 0.2) is 47.3 Å². The molecule has 0 fully saturated rings. The van der Waals surface area contributed by atoms with Crippen molar-refractivity contribution in [2.24, 2.45) is 0 Å². The summed E-state index contributed by atoms with van der Waals surface area (Å²) >= 11 is 0. The van der Waals surface area contributed by atoms with Gasteiger partial charge >= 0.3 is 0 Å². The normalized spacial score (nSPS) is 10.2. The van der Waals surface area contributed by atoms with Gasteiger partial charge in [0.2, 0.25) is 0 Å². The van der Waals surface area contributed by atoms with Gasteiger partial charge in [-0.15, -0.1) is 0 Å². The highest BCUT2D eigenvalue weighted by Gasteiger charge is 2.10. The number of likely N-dealkylation sites (N-methyl/N-ethyl adjacent to an activating group) is 1. The van der Waals surface area contributed by atoms with Crippen molar-refractivity contribution in [1.82, 2.24) is 4.90 Å². The minimum absolute atomic E-state index is 0.0161. The molecule has 0 atom stereocenters. The summed E-state index contributed by atoms with van der Waals surface area (Å²) in [5.74, 6) is 0.480. The molecule has 0 aliphatic carbocycles. The summed E-state index contributed by atoms with van der Waals surface area (Å²) in [6.07, 6.45) is 3.19. The van der Waals surface area contributed by atoms with E-state index >= 15 is 0 Å². The van der Waals surface area contributed by atoms with Gasteiger partial charge in [0.05, 0.1) is 12.5 Å². The predicted octanol–water partition coefficient (Wildman–Crippen LogP) is 1.90. The van der Waals surface area contributed by atoms with Crippen molar-refractivity contribution in [2.75, 3.05) is 19.4 Å². The van der Waals surface area contributed by atoms with E-state index in [1.807, 2.05) is 6.07 Å². The van der Waals surface area contributed by atoms with Crippen LogP contribution in [0, 0.1) is 0 Å². The molecule has 0 radical (unpaired) electrons. The number of carbonyl (C=O) groups is 1. The number of nitrogens with two attached hydrogens (primary N) is 1. The maximum Gasteiger partial charge on any atom is 0.260 e. The smallest absolute Gasteiger partial charge is 0.260 e. The van der Waals surface area contributed by atoms with E-state index in [2.05, 4.69) is 0 Å². The Kier molecular flexibility index (Phi) is 4.07. The number of nitrogens with zero attached hydrogens (tertiary/aromatic N) is 1. The molecule has 2 aromatic rings. The molecule has 0 aliphatic rings. The Bertz CT molecular complexity index is 537. The highest BCUT2D eigenvalue weighted by Crippen LogP contribution is 2.14. The van der Waals surface area contributed by atoms with E-state index in [0.29, 0.717) is 18.0 Å².